The quantitative estimate of drug-likeness (QED) is 0.853. The molecule has 3 nitrogen and oxygen atoms in total. The second kappa shape index (κ2) is 7.96. The number of nitrogens with two attached hydrogens (primary N) is 1. The Morgan fingerprint density at radius 1 is 1.24 bits per heavy atom. The number of thiophene rings is 1. The predicted molar refractivity (Wildman–Crippen MR) is 88.6 cm³/mol. The van der Waals surface area contributed by atoms with Crippen LogP contribution in [0.4, 0.5) is 0 Å². The fourth-order valence-electron chi connectivity index (χ4n) is 2.28. The van der Waals surface area contributed by atoms with Crippen LogP contribution in [0.15, 0.2) is 41.8 Å². The molecule has 0 unspecified atom stereocenters. The molecular weight excluding hydrogens is 280 g/mol. The molecule has 1 amide bonds. The second-order valence-electron chi connectivity index (χ2n) is 4.98. The van der Waals surface area contributed by atoms with E-state index in [4.69, 9.17) is 5.73 Å². The minimum Gasteiger partial charge on any atom is -0.334 e. The molecule has 0 saturated heterocycles. The molecule has 112 valence electrons. The van der Waals surface area contributed by atoms with Gasteiger partial charge in [0.15, 0.2) is 0 Å². The van der Waals surface area contributed by atoms with Crippen molar-refractivity contribution in [3.8, 4) is 0 Å². The summed E-state index contributed by atoms with van der Waals surface area (Å²) in [6.07, 6.45) is 1.71. The topological polar surface area (TPSA) is 46.3 Å². The van der Waals surface area contributed by atoms with E-state index in [1.807, 2.05) is 34.5 Å². The summed E-state index contributed by atoms with van der Waals surface area (Å²) in [5.41, 5.74) is 7.90. The summed E-state index contributed by atoms with van der Waals surface area (Å²) in [6.45, 7) is 4.02. The molecule has 0 aliphatic rings. The van der Waals surface area contributed by atoms with E-state index in [1.54, 1.807) is 0 Å². The number of rotatable bonds is 7. The molecule has 0 fully saturated rings. The van der Waals surface area contributed by atoms with Crippen molar-refractivity contribution in [2.75, 3.05) is 13.1 Å². The van der Waals surface area contributed by atoms with Gasteiger partial charge in [0.25, 0.3) is 5.91 Å². The van der Waals surface area contributed by atoms with Gasteiger partial charge in [0.2, 0.25) is 0 Å². The third kappa shape index (κ3) is 4.16. The van der Waals surface area contributed by atoms with E-state index in [0.29, 0.717) is 19.6 Å². The van der Waals surface area contributed by atoms with Gasteiger partial charge in [-0.15, -0.1) is 11.3 Å². The number of hydrogen-bond acceptors (Lipinski definition) is 3. The Hall–Kier alpha value is -1.65. The Bertz CT molecular complexity index is 565. The minimum atomic E-state index is 0.124. The van der Waals surface area contributed by atoms with Crippen molar-refractivity contribution in [1.29, 1.82) is 0 Å². The van der Waals surface area contributed by atoms with Crippen LogP contribution in [0, 0.1) is 0 Å². The number of benzene rings is 1. The smallest absolute Gasteiger partial charge is 0.264 e. The first-order valence-corrected chi connectivity index (χ1v) is 8.23. The molecule has 0 bridgehead atoms. The number of nitrogens with zero attached hydrogens (tertiary/aromatic N) is 1. The van der Waals surface area contributed by atoms with Crippen LogP contribution >= 0.6 is 11.3 Å². The fourth-order valence-corrected chi connectivity index (χ4v) is 3.25. The van der Waals surface area contributed by atoms with Crippen LogP contribution in [0.1, 0.15) is 34.1 Å². The molecule has 4 heteroatoms. The minimum absolute atomic E-state index is 0.124. The van der Waals surface area contributed by atoms with Crippen molar-refractivity contribution in [3.05, 3.63) is 57.8 Å². The maximum Gasteiger partial charge on any atom is 0.264 e. The average molecular weight is 302 g/mol. The fraction of sp³-hybridized carbons (Fsp3) is 0.353. The summed E-state index contributed by atoms with van der Waals surface area (Å²) in [4.78, 5) is 15.6. The molecule has 0 radical (unpaired) electrons. The number of carbonyl (C=O) groups excluding carboxylic acids is 1. The highest BCUT2D eigenvalue weighted by molar-refractivity contribution is 7.12. The summed E-state index contributed by atoms with van der Waals surface area (Å²) in [7, 11) is 0. The normalized spacial score (nSPS) is 10.6. The Morgan fingerprint density at radius 3 is 2.67 bits per heavy atom. The van der Waals surface area contributed by atoms with Gasteiger partial charge in [-0.25, -0.2) is 0 Å². The summed E-state index contributed by atoms with van der Waals surface area (Å²) in [6, 6.07) is 12.1. The Labute approximate surface area is 130 Å². The molecule has 0 aliphatic carbocycles. The zero-order valence-corrected chi connectivity index (χ0v) is 13.2. The molecule has 0 aliphatic heterocycles. The van der Waals surface area contributed by atoms with Crippen molar-refractivity contribution >= 4 is 17.2 Å². The van der Waals surface area contributed by atoms with Crippen LogP contribution in [-0.4, -0.2) is 23.9 Å². The third-order valence-corrected chi connectivity index (χ3v) is 4.40. The number of hydrogen-bond donors (Lipinski definition) is 1. The molecule has 21 heavy (non-hydrogen) atoms. The van der Waals surface area contributed by atoms with E-state index >= 15 is 0 Å². The zero-order chi connectivity index (χ0) is 15.1. The lowest BCUT2D eigenvalue weighted by Crippen LogP contribution is -2.32. The van der Waals surface area contributed by atoms with Crippen molar-refractivity contribution in [2.45, 2.75) is 26.3 Å². The standard InChI is InChI=1S/C17H22N2OS/c1-2-15-9-12-21-16(15)17(20)19(11-6-10-18)13-14-7-4-3-5-8-14/h3-5,7-9,12H,2,6,10-11,13,18H2,1H3. The average Bonchev–Trinajstić information content (AvgIpc) is 3.00. The second-order valence-corrected chi connectivity index (χ2v) is 5.90. The van der Waals surface area contributed by atoms with E-state index in [1.165, 1.54) is 11.3 Å². The maximum absolute atomic E-state index is 12.8. The first-order valence-electron chi connectivity index (χ1n) is 7.36. The van der Waals surface area contributed by atoms with Gasteiger partial charge in [0.05, 0.1) is 4.88 Å². The highest BCUT2D eigenvalue weighted by Gasteiger charge is 2.19. The van der Waals surface area contributed by atoms with Gasteiger partial charge >= 0.3 is 0 Å². The maximum atomic E-state index is 12.8. The summed E-state index contributed by atoms with van der Waals surface area (Å²) >= 11 is 1.53. The van der Waals surface area contributed by atoms with E-state index in [9.17, 15) is 4.79 Å². The van der Waals surface area contributed by atoms with Crippen molar-refractivity contribution < 1.29 is 4.79 Å². The SMILES string of the molecule is CCc1ccsc1C(=O)N(CCCN)Cc1ccccc1. The monoisotopic (exact) mass is 302 g/mol. The van der Waals surface area contributed by atoms with Crippen LogP contribution in [0.2, 0.25) is 0 Å². The molecule has 1 heterocycles. The van der Waals surface area contributed by atoms with Crippen LogP contribution in [0.3, 0.4) is 0 Å². The summed E-state index contributed by atoms with van der Waals surface area (Å²) < 4.78 is 0. The van der Waals surface area contributed by atoms with Gasteiger partial charge in [0, 0.05) is 13.1 Å². The van der Waals surface area contributed by atoms with Gasteiger partial charge in [-0.3, -0.25) is 4.79 Å². The molecular formula is C17H22N2OS. The molecule has 2 N–H and O–H groups in total. The van der Waals surface area contributed by atoms with E-state index in [-0.39, 0.29) is 5.91 Å². The molecule has 1 aromatic heterocycles. The molecule has 0 atom stereocenters. The Kier molecular flexibility index (Phi) is 5.96. The lowest BCUT2D eigenvalue weighted by molar-refractivity contribution is 0.0746. The number of aryl methyl sites for hydroxylation is 1. The molecule has 1 aromatic carbocycles. The van der Waals surface area contributed by atoms with Crippen molar-refractivity contribution in [2.24, 2.45) is 5.73 Å². The van der Waals surface area contributed by atoms with Crippen LogP contribution < -0.4 is 5.73 Å². The van der Waals surface area contributed by atoms with Crippen LogP contribution in [0.25, 0.3) is 0 Å². The highest BCUT2D eigenvalue weighted by atomic mass is 32.1. The van der Waals surface area contributed by atoms with E-state index in [0.717, 1.165) is 28.8 Å². The van der Waals surface area contributed by atoms with Gasteiger partial charge in [-0.05, 0) is 42.0 Å². The van der Waals surface area contributed by atoms with Crippen LogP contribution in [-0.2, 0) is 13.0 Å². The van der Waals surface area contributed by atoms with Gasteiger partial charge in [0.1, 0.15) is 0 Å². The first kappa shape index (κ1) is 15.7. The molecule has 0 saturated carbocycles. The molecule has 2 rings (SSSR count). The summed E-state index contributed by atoms with van der Waals surface area (Å²) in [5, 5.41) is 2.00. The predicted octanol–water partition coefficient (Wildman–Crippen LogP) is 3.30. The van der Waals surface area contributed by atoms with Gasteiger partial charge in [-0.1, -0.05) is 37.3 Å². The number of amides is 1. The summed E-state index contributed by atoms with van der Waals surface area (Å²) in [5.74, 6) is 0.124. The molecule has 0 spiro atoms. The Balaban J connectivity index is 2.17. The van der Waals surface area contributed by atoms with Crippen molar-refractivity contribution in [3.63, 3.8) is 0 Å². The first-order chi connectivity index (χ1) is 10.3. The van der Waals surface area contributed by atoms with Crippen LogP contribution in [0.5, 0.6) is 0 Å². The lowest BCUT2D eigenvalue weighted by atomic mass is 10.1. The van der Waals surface area contributed by atoms with E-state index < -0.39 is 0 Å². The largest absolute Gasteiger partial charge is 0.334 e. The number of carbonyl (C=O) groups is 1. The van der Waals surface area contributed by atoms with Gasteiger partial charge < -0.3 is 10.6 Å². The van der Waals surface area contributed by atoms with Gasteiger partial charge in [-0.2, -0.15) is 0 Å². The Morgan fingerprint density at radius 2 is 2.00 bits per heavy atom. The van der Waals surface area contributed by atoms with Crippen molar-refractivity contribution in [1.82, 2.24) is 4.90 Å². The lowest BCUT2D eigenvalue weighted by Gasteiger charge is -2.22. The third-order valence-electron chi connectivity index (χ3n) is 3.46. The molecule has 2 aromatic rings. The highest BCUT2D eigenvalue weighted by Crippen LogP contribution is 2.21. The zero-order valence-electron chi connectivity index (χ0n) is 12.4. The van der Waals surface area contributed by atoms with E-state index in [2.05, 4.69) is 19.1 Å².